The Bertz CT molecular complexity index is 1200. The Morgan fingerprint density at radius 3 is 2.59 bits per heavy atom. The fraction of sp³-hybridized carbons (Fsp3) is 0.136. The molecule has 0 bridgehead atoms. The number of nitrogens with one attached hydrogen (secondary N) is 1. The van der Waals surface area contributed by atoms with Gasteiger partial charge < -0.3 is 11.2 Å². The number of nitrogens with zero attached hydrogens (tertiary/aromatic N) is 3. The monoisotopic (exact) mass is 471 g/mol. The van der Waals surface area contributed by atoms with E-state index in [0.717, 1.165) is 22.2 Å². The normalized spacial score (nSPS) is 11.9. The second kappa shape index (κ2) is 9.92. The van der Waals surface area contributed by atoms with Crippen molar-refractivity contribution in [3.05, 3.63) is 99.5 Å². The molecule has 0 aliphatic rings. The maximum atomic E-state index is 13.9. The Morgan fingerprint density at radius 2 is 1.88 bits per heavy atom. The maximum absolute atomic E-state index is 13.9. The minimum absolute atomic E-state index is 0.0537. The summed E-state index contributed by atoms with van der Waals surface area (Å²) in [7, 11) is 0. The molecular weight excluding hydrogens is 452 g/mol. The number of thiophene rings is 1. The molecule has 0 unspecified atom stereocenters. The summed E-state index contributed by atoms with van der Waals surface area (Å²) in [5.41, 5.74) is 1.24. The molecule has 2 aromatic carbocycles. The number of hydrogen-bond acceptors (Lipinski definition) is 6. The average Bonchev–Trinajstić information content (AvgIpc) is 3.44. The number of amides is 1. The molecule has 0 fully saturated rings. The van der Waals surface area contributed by atoms with E-state index in [1.807, 2.05) is 17.5 Å². The number of rotatable bonds is 8. The highest BCUT2D eigenvalue weighted by molar-refractivity contribution is 7.99. The van der Waals surface area contributed by atoms with E-state index in [1.165, 1.54) is 34.2 Å². The summed E-state index contributed by atoms with van der Waals surface area (Å²) in [4.78, 5) is 13.6. The van der Waals surface area contributed by atoms with Crippen molar-refractivity contribution in [2.45, 2.75) is 17.6 Å². The standard InChI is InChI=1S/C22H19F2N5OS2/c23-16-9-7-14(8-10-16)21(18-6-3-11-31-18)26-20(30)13-32-22-28-27-19(29(22)25)12-15-4-1-2-5-17(15)24/h1-11,21H,12-13,25H2,(H,26,30)/t21-/m1/s1. The summed E-state index contributed by atoms with van der Waals surface area (Å²) in [6.07, 6.45) is 0.188. The number of benzene rings is 2. The summed E-state index contributed by atoms with van der Waals surface area (Å²) >= 11 is 2.63. The van der Waals surface area contributed by atoms with Crippen molar-refractivity contribution in [2.75, 3.05) is 11.6 Å². The van der Waals surface area contributed by atoms with Crippen LogP contribution in [0.25, 0.3) is 0 Å². The van der Waals surface area contributed by atoms with Gasteiger partial charge in [-0.3, -0.25) is 4.79 Å². The number of carbonyl (C=O) groups excluding carboxylic acids is 1. The first-order valence-electron chi connectivity index (χ1n) is 9.65. The molecular formula is C22H19F2N5OS2. The van der Waals surface area contributed by atoms with Crippen molar-refractivity contribution in [1.29, 1.82) is 0 Å². The third-order valence-electron chi connectivity index (χ3n) is 4.71. The summed E-state index contributed by atoms with van der Waals surface area (Å²) in [5, 5.41) is 13.3. The Hall–Kier alpha value is -3.24. The number of hydrogen-bond donors (Lipinski definition) is 2. The minimum atomic E-state index is -0.393. The number of aromatic nitrogens is 3. The highest BCUT2D eigenvalue weighted by Gasteiger charge is 2.19. The Morgan fingerprint density at radius 1 is 1.09 bits per heavy atom. The molecule has 0 radical (unpaired) electrons. The second-order valence-corrected chi connectivity index (χ2v) is 8.81. The predicted octanol–water partition coefficient (Wildman–Crippen LogP) is 3.92. The zero-order chi connectivity index (χ0) is 22.5. The van der Waals surface area contributed by atoms with Gasteiger partial charge in [0.2, 0.25) is 11.1 Å². The summed E-state index contributed by atoms with van der Waals surface area (Å²) in [6.45, 7) is 0. The molecule has 0 spiro atoms. The minimum Gasteiger partial charge on any atom is -0.344 e. The number of nitrogen functional groups attached to an aromatic ring is 1. The first-order chi connectivity index (χ1) is 15.5. The lowest BCUT2D eigenvalue weighted by Gasteiger charge is -2.18. The van der Waals surface area contributed by atoms with E-state index in [-0.39, 0.29) is 29.7 Å². The first kappa shape index (κ1) is 22.0. The van der Waals surface area contributed by atoms with Gasteiger partial charge in [-0.05, 0) is 40.8 Å². The van der Waals surface area contributed by atoms with Gasteiger partial charge in [-0.15, -0.1) is 21.5 Å². The topological polar surface area (TPSA) is 85.8 Å². The Labute approximate surface area is 191 Å². The molecule has 164 valence electrons. The van der Waals surface area contributed by atoms with Crippen molar-refractivity contribution in [3.63, 3.8) is 0 Å². The van der Waals surface area contributed by atoms with E-state index < -0.39 is 6.04 Å². The van der Waals surface area contributed by atoms with Crippen LogP contribution in [0.3, 0.4) is 0 Å². The van der Waals surface area contributed by atoms with Gasteiger partial charge in [0.25, 0.3) is 0 Å². The van der Waals surface area contributed by atoms with Crippen LogP contribution in [0, 0.1) is 11.6 Å². The molecule has 2 heterocycles. The summed E-state index contributed by atoms with van der Waals surface area (Å²) in [6, 6.07) is 15.8. The van der Waals surface area contributed by atoms with Crippen LogP contribution in [0.5, 0.6) is 0 Å². The molecule has 3 N–H and O–H groups in total. The lowest BCUT2D eigenvalue weighted by atomic mass is 10.1. The Kier molecular flexibility index (Phi) is 6.81. The number of thioether (sulfide) groups is 1. The molecule has 1 amide bonds. The van der Waals surface area contributed by atoms with Gasteiger partial charge >= 0.3 is 0 Å². The van der Waals surface area contributed by atoms with Crippen molar-refractivity contribution in [1.82, 2.24) is 20.2 Å². The van der Waals surface area contributed by atoms with Crippen LogP contribution in [-0.2, 0) is 11.2 Å². The van der Waals surface area contributed by atoms with E-state index in [1.54, 1.807) is 30.3 Å². The zero-order valence-electron chi connectivity index (χ0n) is 16.7. The van der Waals surface area contributed by atoms with E-state index in [4.69, 9.17) is 5.84 Å². The lowest BCUT2D eigenvalue weighted by Crippen LogP contribution is -2.30. The highest BCUT2D eigenvalue weighted by Crippen LogP contribution is 2.27. The van der Waals surface area contributed by atoms with Crippen LogP contribution in [0.1, 0.15) is 27.9 Å². The molecule has 0 saturated carbocycles. The van der Waals surface area contributed by atoms with Crippen molar-refractivity contribution >= 4 is 29.0 Å². The first-order valence-corrected chi connectivity index (χ1v) is 11.5. The number of nitrogens with two attached hydrogens (primary N) is 1. The van der Waals surface area contributed by atoms with E-state index in [9.17, 15) is 13.6 Å². The van der Waals surface area contributed by atoms with Crippen LogP contribution in [-0.4, -0.2) is 26.5 Å². The van der Waals surface area contributed by atoms with Crippen molar-refractivity contribution in [2.24, 2.45) is 0 Å². The fourth-order valence-electron chi connectivity index (χ4n) is 3.10. The molecule has 10 heteroatoms. The molecule has 4 aromatic rings. The van der Waals surface area contributed by atoms with E-state index in [2.05, 4.69) is 15.5 Å². The molecule has 0 aliphatic carbocycles. The SMILES string of the molecule is Nn1c(Cc2ccccc2F)nnc1SCC(=O)N[C@H](c1ccc(F)cc1)c1cccs1. The van der Waals surface area contributed by atoms with Gasteiger partial charge in [0.05, 0.1) is 11.8 Å². The van der Waals surface area contributed by atoms with E-state index >= 15 is 0 Å². The zero-order valence-corrected chi connectivity index (χ0v) is 18.4. The third-order valence-corrected chi connectivity index (χ3v) is 6.59. The van der Waals surface area contributed by atoms with E-state index in [0.29, 0.717) is 16.5 Å². The van der Waals surface area contributed by atoms with Crippen molar-refractivity contribution in [3.8, 4) is 0 Å². The molecule has 0 saturated heterocycles. The number of carbonyl (C=O) groups is 1. The smallest absolute Gasteiger partial charge is 0.231 e. The van der Waals surface area contributed by atoms with Crippen molar-refractivity contribution < 1.29 is 13.6 Å². The largest absolute Gasteiger partial charge is 0.344 e. The third kappa shape index (κ3) is 5.14. The van der Waals surface area contributed by atoms with Gasteiger partial charge in [-0.2, -0.15) is 0 Å². The quantitative estimate of drug-likeness (QED) is 0.301. The molecule has 4 rings (SSSR count). The van der Waals surface area contributed by atoms with Crippen LogP contribution >= 0.6 is 23.1 Å². The van der Waals surface area contributed by atoms with Crippen LogP contribution in [0.2, 0.25) is 0 Å². The highest BCUT2D eigenvalue weighted by atomic mass is 32.2. The Balaban J connectivity index is 1.41. The van der Waals surface area contributed by atoms with Crippen LogP contribution in [0.15, 0.2) is 71.2 Å². The maximum Gasteiger partial charge on any atom is 0.231 e. The van der Waals surface area contributed by atoms with Gasteiger partial charge in [0.15, 0.2) is 5.82 Å². The lowest BCUT2D eigenvalue weighted by molar-refractivity contribution is -0.119. The number of halogens is 2. The molecule has 32 heavy (non-hydrogen) atoms. The molecule has 6 nitrogen and oxygen atoms in total. The molecule has 1 atom stereocenters. The van der Waals surface area contributed by atoms with Gasteiger partial charge in [0, 0.05) is 11.3 Å². The molecule has 0 aliphatic heterocycles. The molecule has 2 aromatic heterocycles. The van der Waals surface area contributed by atoms with Gasteiger partial charge in [-0.1, -0.05) is 48.2 Å². The predicted molar refractivity (Wildman–Crippen MR) is 121 cm³/mol. The van der Waals surface area contributed by atoms with Gasteiger partial charge in [0.1, 0.15) is 11.6 Å². The average molecular weight is 472 g/mol. The second-order valence-electron chi connectivity index (χ2n) is 6.89. The summed E-state index contributed by atoms with van der Waals surface area (Å²) in [5.74, 6) is 5.58. The fourth-order valence-corrected chi connectivity index (χ4v) is 4.59. The summed E-state index contributed by atoms with van der Waals surface area (Å²) < 4.78 is 28.5. The van der Waals surface area contributed by atoms with Gasteiger partial charge in [-0.25, -0.2) is 13.5 Å². The van der Waals surface area contributed by atoms with Crippen LogP contribution in [0.4, 0.5) is 8.78 Å². The van der Waals surface area contributed by atoms with Crippen LogP contribution < -0.4 is 11.2 Å².